The number of nitrogens with one attached hydrogen (secondary N) is 6. The predicted molar refractivity (Wildman–Crippen MR) is 133 cm³/mol. The Morgan fingerprint density at radius 3 is 1.67 bits per heavy atom. The molecular weight excluding hydrogens is 492 g/mol. The number of thiol groups is 1. The Kier molecular flexibility index (Phi) is 12.9. The summed E-state index contributed by atoms with van der Waals surface area (Å²) in [6.07, 6.45) is -0.172. The lowest BCUT2D eigenvalue weighted by Gasteiger charge is -2.25. The van der Waals surface area contributed by atoms with Gasteiger partial charge < -0.3 is 31.9 Å². The maximum Gasteiger partial charge on any atom is 0.243 e. The number of carbonyl (C=O) groups is 7. The molecule has 0 radical (unpaired) electrons. The highest BCUT2D eigenvalue weighted by Gasteiger charge is 2.31. The van der Waals surface area contributed by atoms with Crippen molar-refractivity contribution in [1.29, 1.82) is 0 Å². The van der Waals surface area contributed by atoms with E-state index in [2.05, 4.69) is 44.5 Å². The monoisotopic (exact) mass is 528 g/mol. The Morgan fingerprint density at radius 2 is 1.14 bits per heavy atom. The molecule has 0 aromatic heterocycles. The van der Waals surface area contributed by atoms with Gasteiger partial charge in [-0.2, -0.15) is 12.6 Å². The van der Waals surface area contributed by atoms with Crippen molar-refractivity contribution in [3.63, 3.8) is 0 Å². The summed E-state index contributed by atoms with van der Waals surface area (Å²) in [5, 5.41) is 14.4. The minimum Gasteiger partial charge on any atom is -0.347 e. The first-order chi connectivity index (χ1) is 16.8. The van der Waals surface area contributed by atoms with E-state index in [-0.39, 0.29) is 29.8 Å². The molecule has 1 heterocycles. The van der Waals surface area contributed by atoms with Crippen LogP contribution in [0.2, 0.25) is 0 Å². The Morgan fingerprint density at radius 1 is 0.667 bits per heavy atom. The molecule has 1 aliphatic heterocycles. The van der Waals surface area contributed by atoms with Crippen molar-refractivity contribution < 1.29 is 33.6 Å². The van der Waals surface area contributed by atoms with Crippen LogP contribution >= 0.6 is 12.6 Å². The first-order valence-electron chi connectivity index (χ1n) is 11.7. The van der Waals surface area contributed by atoms with Crippen LogP contribution in [-0.2, 0) is 33.6 Å². The second kappa shape index (κ2) is 15.1. The Hall–Kier alpha value is -3.16. The molecule has 0 aliphatic carbocycles. The zero-order valence-corrected chi connectivity index (χ0v) is 21.8. The summed E-state index contributed by atoms with van der Waals surface area (Å²) in [5.74, 6) is -5.55. The molecule has 1 saturated heterocycles. The number of hydrogen-bond acceptors (Lipinski definition) is 8. The van der Waals surface area contributed by atoms with Crippen molar-refractivity contribution in [2.75, 3.05) is 31.9 Å². The first-order valence-corrected chi connectivity index (χ1v) is 12.3. The third-order valence-electron chi connectivity index (χ3n) is 5.47. The van der Waals surface area contributed by atoms with Gasteiger partial charge in [0, 0.05) is 18.1 Å². The van der Waals surface area contributed by atoms with Crippen LogP contribution in [0.5, 0.6) is 0 Å². The van der Waals surface area contributed by atoms with Gasteiger partial charge in [-0.3, -0.25) is 33.6 Å². The molecule has 1 aliphatic rings. The molecule has 14 heteroatoms. The van der Waals surface area contributed by atoms with Gasteiger partial charge in [-0.05, 0) is 11.8 Å². The third kappa shape index (κ3) is 10.6. The molecule has 202 valence electrons. The smallest absolute Gasteiger partial charge is 0.243 e. The van der Waals surface area contributed by atoms with Crippen molar-refractivity contribution >= 4 is 53.9 Å². The molecule has 0 saturated carbocycles. The minimum absolute atomic E-state index is 0.0731. The third-order valence-corrected chi connectivity index (χ3v) is 5.83. The van der Waals surface area contributed by atoms with Crippen molar-refractivity contribution in [2.45, 2.75) is 46.2 Å². The number of ketones is 1. The van der Waals surface area contributed by atoms with Crippen molar-refractivity contribution in [1.82, 2.24) is 31.9 Å². The van der Waals surface area contributed by atoms with Crippen LogP contribution in [0.3, 0.4) is 0 Å². The van der Waals surface area contributed by atoms with Crippen LogP contribution in [0.1, 0.15) is 34.1 Å². The maximum atomic E-state index is 13.0. The fraction of sp³-hybridized carbons (Fsp3) is 0.682. The topological polar surface area (TPSA) is 192 Å². The summed E-state index contributed by atoms with van der Waals surface area (Å²) in [6.45, 7) is 5.23. The molecule has 0 bridgehead atoms. The van der Waals surface area contributed by atoms with E-state index < -0.39 is 79.6 Å². The van der Waals surface area contributed by atoms with Crippen LogP contribution in [0, 0.1) is 17.8 Å². The Balaban J connectivity index is 3.08. The average Bonchev–Trinajstić information content (AvgIpc) is 2.82. The number of Topliss-reactive ketones (excluding diaryl/α,β-unsaturated/α-hetero) is 1. The van der Waals surface area contributed by atoms with Gasteiger partial charge in [0.05, 0.1) is 32.2 Å². The van der Waals surface area contributed by atoms with E-state index in [9.17, 15) is 33.6 Å². The fourth-order valence-electron chi connectivity index (χ4n) is 3.33. The Bertz CT molecular complexity index is 864. The lowest BCUT2D eigenvalue weighted by atomic mass is 9.86. The molecule has 36 heavy (non-hydrogen) atoms. The average molecular weight is 529 g/mol. The molecule has 3 atom stereocenters. The van der Waals surface area contributed by atoms with Crippen LogP contribution in [0.25, 0.3) is 0 Å². The summed E-state index contributed by atoms with van der Waals surface area (Å²) in [6, 6.07) is -1.97. The molecule has 1 rings (SSSR count). The largest absolute Gasteiger partial charge is 0.347 e. The summed E-state index contributed by atoms with van der Waals surface area (Å²) in [5.41, 5.74) is 0. The van der Waals surface area contributed by atoms with E-state index in [1.165, 1.54) is 0 Å². The van der Waals surface area contributed by atoms with Gasteiger partial charge in [0.2, 0.25) is 35.4 Å². The standard InChI is InChI=1S/C22H36N6O7S/c1-11(2)13-5-15(29)20(12(3)4)28-19(33)8-24-16(30)6-23-17(31)7-26-22(35)14(10-36)27-18(32)9-25-21(13)34/h11-14,20,36H,5-10H2,1-4H3,(H,23,31)(H,24,30)(H,25,34)(H,26,35)(H,27,32)(H,28,33)/t13-,14-,20-/m0/s1. The lowest BCUT2D eigenvalue weighted by molar-refractivity contribution is -0.134. The molecular formula is C22H36N6O7S. The number of hydrogen-bond donors (Lipinski definition) is 7. The van der Waals surface area contributed by atoms with Gasteiger partial charge in [-0.1, -0.05) is 27.7 Å². The van der Waals surface area contributed by atoms with Gasteiger partial charge in [-0.15, -0.1) is 0 Å². The van der Waals surface area contributed by atoms with Crippen LogP contribution in [-0.4, -0.2) is 85.2 Å². The second-order valence-corrected chi connectivity index (χ2v) is 9.47. The van der Waals surface area contributed by atoms with Gasteiger partial charge >= 0.3 is 0 Å². The van der Waals surface area contributed by atoms with E-state index in [1.54, 1.807) is 27.7 Å². The fourth-order valence-corrected chi connectivity index (χ4v) is 3.59. The SMILES string of the molecule is CC(C)[C@@H]1CC(=O)[C@H](C(C)C)NC(=O)CNC(=O)CNC(=O)CNC(=O)[C@H](CS)NC(=O)CNC1=O. The van der Waals surface area contributed by atoms with Crippen molar-refractivity contribution in [3.8, 4) is 0 Å². The van der Waals surface area contributed by atoms with Gasteiger partial charge in [-0.25, -0.2) is 0 Å². The molecule has 0 aromatic carbocycles. The zero-order chi connectivity index (χ0) is 27.4. The molecule has 13 nitrogen and oxygen atoms in total. The summed E-state index contributed by atoms with van der Waals surface area (Å²) < 4.78 is 0. The van der Waals surface area contributed by atoms with Gasteiger partial charge in [0.1, 0.15) is 6.04 Å². The molecule has 0 aromatic rings. The summed E-state index contributed by atoms with van der Waals surface area (Å²) in [4.78, 5) is 86.6. The molecule has 0 spiro atoms. The summed E-state index contributed by atoms with van der Waals surface area (Å²) >= 11 is 4.03. The minimum atomic E-state index is -1.07. The van der Waals surface area contributed by atoms with Gasteiger partial charge in [0.25, 0.3) is 0 Å². The van der Waals surface area contributed by atoms with E-state index >= 15 is 0 Å². The van der Waals surface area contributed by atoms with E-state index in [0.717, 1.165) is 0 Å². The maximum absolute atomic E-state index is 13.0. The highest BCUT2D eigenvalue weighted by atomic mass is 32.1. The summed E-state index contributed by atoms with van der Waals surface area (Å²) in [7, 11) is 0. The molecule has 1 fully saturated rings. The quantitative estimate of drug-likeness (QED) is 0.193. The molecule has 6 N–H and O–H groups in total. The number of carbonyl (C=O) groups excluding carboxylic acids is 7. The van der Waals surface area contributed by atoms with Crippen molar-refractivity contribution in [2.24, 2.45) is 17.8 Å². The second-order valence-electron chi connectivity index (χ2n) is 9.10. The van der Waals surface area contributed by atoms with Crippen LogP contribution in [0.4, 0.5) is 0 Å². The van der Waals surface area contributed by atoms with E-state index in [0.29, 0.717) is 0 Å². The zero-order valence-electron chi connectivity index (χ0n) is 20.9. The first kappa shape index (κ1) is 30.9. The van der Waals surface area contributed by atoms with Crippen LogP contribution < -0.4 is 31.9 Å². The number of amides is 6. The number of rotatable bonds is 3. The highest BCUT2D eigenvalue weighted by molar-refractivity contribution is 7.80. The van der Waals surface area contributed by atoms with Gasteiger partial charge in [0.15, 0.2) is 5.78 Å². The molecule has 6 amide bonds. The normalized spacial score (nSPS) is 24.6. The lowest BCUT2D eigenvalue weighted by Crippen LogP contribution is -2.52. The van der Waals surface area contributed by atoms with Crippen molar-refractivity contribution in [3.05, 3.63) is 0 Å². The Labute approximate surface area is 215 Å². The molecule has 0 unspecified atom stereocenters. The predicted octanol–water partition coefficient (Wildman–Crippen LogP) is -2.75. The van der Waals surface area contributed by atoms with Crippen LogP contribution in [0.15, 0.2) is 0 Å². The van der Waals surface area contributed by atoms with E-state index in [4.69, 9.17) is 0 Å². The highest BCUT2D eigenvalue weighted by Crippen LogP contribution is 2.19. The van der Waals surface area contributed by atoms with E-state index in [1.807, 2.05) is 0 Å².